The number of aromatic nitrogens is 1. The molecular formula is C19H27N3O3. The number of nitrogens with one attached hydrogen (secondary N) is 1. The highest BCUT2D eigenvalue weighted by Gasteiger charge is 2.38. The fourth-order valence-electron chi connectivity index (χ4n) is 3.82. The zero-order chi connectivity index (χ0) is 17.7. The predicted molar refractivity (Wildman–Crippen MR) is 95.1 cm³/mol. The zero-order valence-electron chi connectivity index (χ0n) is 14.9. The van der Waals surface area contributed by atoms with Gasteiger partial charge in [-0.25, -0.2) is 4.98 Å². The van der Waals surface area contributed by atoms with Gasteiger partial charge in [0.25, 0.3) is 0 Å². The monoisotopic (exact) mass is 345 g/mol. The van der Waals surface area contributed by atoms with Gasteiger partial charge in [0.05, 0.1) is 0 Å². The van der Waals surface area contributed by atoms with Crippen LogP contribution in [0.4, 0.5) is 5.82 Å². The van der Waals surface area contributed by atoms with Crippen LogP contribution >= 0.6 is 0 Å². The van der Waals surface area contributed by atoms with Crippen LogP contribution in [0.3, 0.4) is 0 Å². The molecule has 1 aromatic heterocycles. The van der Waals surface area contributed by atoms with Gasteiger partial charge in [0.15, 0.2) is 0 Å². The van der Waals surface area contributed by atoms with E-state index in [0.29, 0.717) is 5.82 Å². The summed E-state index contributed by atoms with van der Waals surface area (Å²) >= 11 is 0. The number of anilines is 1. The van der Waals surface area contributed by atoms with Gasteiger partial charge in [-0.05, 0) is 55.7 Å². The van der Waals surface area contributed by atoms with Crippen molar-refractivity contribution in [2.45, 2.75) is 45.4 Å². The smallest absolute Gasteiger partial charge is 0.226 e. The van der Waals surface area contributed by atoms with Crippen LogP contribution < -0.4 is 5.32 Å². The number of pyridine rings is 1. The molecule has 0 unspecified atom stereocenters. The number of hydrogen-bond acceptors (Lipinski definition) is 4. The van der Waals surface area contributed by atoms with Crippen molar-refractivity contribution < 1.29 is 14.3 Å². The maximum atomic E-state index is 12.5. The normalized spacial score (nSPS) is 19.6. The van der Waals surface area contributed by atoms with Crippen molar-refractivity contribution >= 4 is 17.6 Å². The summed E-state index contributed by atoms with van der Waals surface area (Å²) in [5, 5.41) is 2.76. The molecule has 1 aromatic rings. The molecule has 0 atom stereocenters. The van der Waals surface area contributed by atoms with Gasteiger partial charge in [-0.3, -0.25) is 9.59 Å². The third kappa shape index (κ3) is 4.78. The predicted octanol–water partition coefficient (Wildman–Crippen LogP) is 2.53. The number of piperidine rings is 1. The van der Waals surface area contributed by atoms with E-state index in [2.05, 4.69) is 10.3 Å². The molecule has 0 aliphatic carbocycles. The van der Waals surface area contributed by atoms with Crippen molar-refractivity contribution in [2.75, 3.05) is 31.6 Å². The molecule has 0 saturated carbocycles. The van der Waals surface area contributed by atoms with Crippen LogP contribution in [-0.2, 0) is 14.3 Å². The molecule has 2 aliphatic heterocycles. The first kappa shape index (κ1) is 17.9. The Hall–Kier alpha value is -1.95. The number of carbonyl (C=O) groups is 2. The third-order valence-corrected chi connectivity index (χ3v) is 5.32. The maximum Gasteiger partial charge on any atom is 0.226 e. The van der Waals surface area contributed by atoms with Crippen LogP contribution in [0.2, 0.25) is 0 Å². The van der Waals surface area contributed by atoms with Gasteiger partial charge in [0.2, 0.25) is 11.8 Å². The first-order valence-electron chi connectivity index (χ1n) is 9.14. The number of nitrogens with zero attached hydrogens (tertiary/aromatic N) is 2. The number of likely N-dealkylation sites (tertiary alicyclic amines) is 1. The van der Waals surface area contributed by atoms with Crippen LogP contribution in [0.5, 0.6) is 0 Å². The van der Waals surface area contributed by atoms with Gasteiger partial charge in [0, 0.05) is 45.3 Å². The molecule has 0 aromatic carbocycles. The summed E-state index contributed by atoms with van der Waals surface area (Å²) in [6.45, 7) is 5.17. The van der Waals surface area contributed by atoms with E-state index < -0.39 is 0 Å². The molecule has 136 valence electrons. The molecule has 1 spiro atoms. The van der Waals surface area contributed by atoms with E-state index in [1.165, 1.54) is 6.42 Å². The average Bonchev–Trinajstić information content (AvgIpc) is 2.60. The maximum absolute atomic E-state index is 12.5. The van der Waals surface area contributed by atoms with Crippen LogP contribution in [0, 0.1) is 12.3 Å². The fraction of sp³-hybridized carbons (Fsp3) is 0.632. The van der Waals surface area contributed by atoms with E-state index in [-0.39, 0.29) is 30.1 Å². The minimum absolute atomic E-state index is 0.0814. The summed E-state index contributed by atoms with van der Waals surface area (Å²) in [6, 6.07) is 3.70. The molecule has 6 heteroatoms. The highest BCUT2D eigenvalue weighted by Crippen LogP contribution is 2.39. The van der Waals surface area contributed by atoms with E-state index in [1.807, 2.05) is 24.0 Å². The molecule has 2 fully saturated rings. The van der Waals surface area contributed by atoms with E-state index in [9.17, 15) is 9.59 Å². The van der Waals surface area contributed by atoms with Gasteiger partial charge in [-0.15, -0.1) is 0 Å². The van der Waals surface area contributed by atoms with Crippen molar-refractivity contribution in [1.29, 1.82) is 0 Å². The van der Waals surface area contributed by atoms with Crippen molar-refractivity contribution in [2.24, 2.45) is 5.41 Å². The summed E-state index contributed by atoms with van der Waals surface area (Å²) < 4.78 is 5.47. The molecular weight excluding hydrogens is 318 g/mol. The molecule has 3 heterocycles. The fourth-order valence-corrected chi connectivity index (χ4v) is 3.82. The van der Waals surface area contributed by atoms with Crippen LogP contribution in [-0.4, -0.2) is 48.0 Å². The number of ether oxygens (including phenoxy) is 1. The Labute approximate surface area is 148 Å². The Morgan fingerprint density at radius 3 is 2.84 bits per heavy atom. The minimum Gasteiger partial charge on any atom is -0.381 e. The van der Waals surface area contributed by atoms with Gasteiger partial charge in [-0.1, -0.05) is 0 Å². The summed E-state index contributed by atoms with van der Waals surface area (Å²) in [5.41, 5.74) is 1.27. The molecule has 1 N–H and O–H groups in total. The number of carbonyl (C=O) groups excluding carboxylic acids is 2. The Morgan fingerprint density at radius 2 is 2.08 bits per heavy atom. The van der Waals surface area contributed by atoms with E-state index in [1.54, 1.807) is 6.20 Å². The molecule has 25 heavy (non-hydrogen) atoms. The number of amides is 2. The van der Waals surface area contributed by atoms with Crippen molar-refractivity contribution in [3.63, 3.8) is 0 Å². The Balaban J connectivity index is 1.47. The van der Waals surface area contributed by atoms with Gasteiger partial charge in [-0.2, -0.15) is 0 Å². The largest absolute Gasteiger partial charge is 0.381 e. The molecule has 0 bridgehead atoms. The first-order valence-corrected chi connectivity index (χ1v) is 9.14. The summed E-state index contributed by atoms with van der Waals surface area (Å²) in [6.07, 6.45) is 6.42. The standard InChI is InChI=1S/C19H27N3O3/c1-15-5-9-20-16(13-15)21-17(23)3-4-18(24)22-10-2-6-19(14-22)7-11-25-12-8-19/h5,9,13H,2-4,6-8,10-12,14H2,1H3,(H,20,21,23). The molecule has 0 radical (unpaired) electrons. The molecule has 3 rings (SSSR count). The Bertz CT molecular complexity index is 621. The van der Waals surface area contributed by atoms with E-state index >= 15 is 0 Å². The average molecular weight is 345 g/mol. The second-order valence-corrected chi connectivity index (χ2v) is 7.30. The second-order valence-electron chi connectivity index (χ2n) is 7.30. The van der Waals surface area contributed by atoms with E-state index in [4.69, 9.17) is 4.74 Å². The SMILES string of the molecule is Cc1ccnc(NC(=O)CCC(=O)N2CCCC3(CCOCC3)C2)c1. The highest BCUT2D eigenvalue weighted by molar-refractivity contribution is 5.92. The topological polar surface area (TPSA) is 71.5 Å². The lowest BCUT2D eigenvalue weighted by Gasteiger charge is -2.45. The highest BCUT2D eigenvalue weighted by atomic mass is 16.5. The van der Waals surface area contributed by atoms with Crippen molar-refractivity contribution in [3.8, 4) is 0 Å². The summed E-state index contributed by atoms with van der Waals surface area (Å²) in [4.78, 5) is 30.7. The lowest BCUT2D eigenvalue weighted by atomic mass is 9.74. The molecule has 2 aliphatic rings. The summed E-state index contributed by atoms with van der Waals surface area (Å²) in [5.74, 6) is 0.457. The van der Waals surface area contributed by atoms with Gasteiger partial charge in [0.1, 0.15) is 5.82 Å². The second kappa shape index (κ2) is 7.95. The molecule has 2 amide bonds. The van der Waals surface area contributed by atoms with Crippen LogP contribution in [0.25, 0.3) is 0 Å². The first-order chi connectivity index (χ1) is 12.1. The number of hydrogen-bond donors (Lipinski definition) is 1. The Kier molecular flexibility index (Phi) is 5.68. The molecule has 6 nitrogen and oxygen atoms in total. The third-order valence-electron chi connectivity index (χ3n) is 5.32. The van der Waals surface area contributed by atoms with Gasteiger partial charge < -0.3 is 15.0 Å². The van der Waals surface area contributed by atoms with Crippen LogP contribution in [0.1, 0.15) is 44.1 Å². The summed E-state index contributed by atoms with van der Waals surface area (Å²) in [7, 11) is 0. The van der Waals surface area contributed by atoms with Crippen molar-refractivity contribution in [3.05, 3.63) is 23.9 Å². The minimum atomic E-state index is -0.163. The Morgan fingerprint density at radius 1 is 1.28 bits per heavy atom. The van der Waals surface area contributed by atoms with Gasteiger partial charge >= 0.3 is 0 Å². The molecule has 2 saturated heterocycles. The lowest BCUT2D eigenvalue weighted by Crippen LogP contribution is -2.48. The zero-order valence-corrected chi connectivity index (χ0v) is 14.9. The number of rotatable bonds is 4. The lowest BCUT2D eigenvalue weighted by molar-refractivity contribution is -0.138. The number of aryl methyl sites for hydroxylation is 1. The van der Waals surface area contributed by atoms with E-state index in [0.717, 1.165) is 51.1 Å². The quantitative estimate of drug-likeness (QED) is 0.910. The van der Waals surface area contributed by atoms with Crippen molar-refractivity contribution in [1.82, 2.24) is 9.88 Å². The van der Waals surface area contributed by atoms with Crippen LogP contribution in [0.15, 0.2) is 18.3 Å².